The molecule has 0 spiro atoms. The van der Waals surface area contributed by atoms with E-state index in [1.54, 1.807) is 24.3 Å². The van der Waals surface area contributed by atoms with Gasteiger partial charge in [-0.25, -0.2) is 4.90 Å². The molecule has 0 aromatic heterocycles. The molecular formula is C20H20BrN3O3. The van der Waals surface area contributed by atoms with Crippen LogP contribution in [0, 0.1) is 0 Å². The molecule has 4 rings (SSSR count). The zero-order valence-electron chi connectivity index (χ0n) is 14.7. The summed E-state index contributed by atoms with van der Waals surface area (Å²) < 4.78 is 0.905. The number of carbonyl (C=O) groups excluding carboxylic acids is 2. The molecule has 2 aliphatic rings. The van der Waals surface area contributed by atoms with Crippen molar-refractivity contribution < 1.29 is 14.7 Å². The van der Waals surface area contributed by atoms with E-state index in [0.29, 0.717) is 31.9 Å². The first kappa shape index (κ1) is 18.0. The number of benzene rings is 2. The average molecular weight is 430 g/mol. The van der Waals surface area contributed by atoms with Gasteiger partial charge in [0.05, 0.1) is 23.8 Å². The molecular weight excluding hydrogens is 410 g/mol. The number of phenols is 1. The summed E-state index contributed by atoms with van der Waals surface area (Å²) in [7, 11) is 0. The van der Waals surface area contributed by atoms with Crippen molar-refractivity contribution in [1.29, 1.82) is 0 Å². The second-order valence-electron chi connectivity index (χ2n) is 6.78. The normalized spacial score (nSPS) is 21.1. The monoisotopic (exact) mass is 429 g/mol. The third-order valence-corrected chi connectivity index (χ3v) is 5.71. The topological polar surface area (TPSA) is 64.1 Å². The summed E-state index contributed by atoms with van der Waals surface area (Å²) in [4.78, 5) is 30.9. The number of anilines is 2. The van der Waals surface area contributed by atoms with Crippen molar-refractivity contribution >= 4 is 39.1 Å². The van der Waals surface area contributed by atoms with Gasteiger partial charge in [-0.05, 0) is 36.4 Å². The average Bonchev–Trinajstić information content (AvgIpc) is 2.97. The fourth-order valence-electron chi connectivity index (χ4n) is 3.77. The van der Waals surface area contributed by atoms with Gasteiger partial charge in [-0.2, -0.15) is 0 Å². The third-order valence-electron chi connectivity index (χ3n) is 5.19. The molecule has 7 heteroatoms. The number of amides is 2. The van der Waals surface area contributed by atoms with Crippen LogP contribution in [0.2, 0.25) is 0 Å². The van der Waals surface area contributed by atoms with E-state index in [-0.39, 0.29) is 24.0 Å². The van der Waals surface area contributed by atoms with E-state index in [2.05, 4.69) is 25.7 Å². The van der Waals surface area contributed by atoms with Crippen LogP contribution in [0.15, 0.2) is 53.0 Å². The number of carbonyl (C=O) groups is 2. The maximum absolute atomic E-state index is 12.9. The Bertz CT molecular complexity index is 863. The molecule has 0 unspecified atom stereocenters. The van der Waals surface area contributed by atoms with Crippen LogP contribution in [-0.2, 0) is 9.59 Å². The van der Waals surface area contributed by atoms with Crippen molar-refractivity contribution in [3.63, 3.8) is 0 Å². The van der Waals surface area contributed by atoms with Gasteiger partial charge in [-0.3, -0.25) is 14.5 Å². The van der Waals surface area contributed by atoms with Crippen LogP contribution in [0.25, 0.3) is 0 Å². The molecule has 0 saturated carbocycles. The summed E-state index contributed by atoms with van der Waals surface area (Å²) >= 11 is 3.37. The van der Waals surface area contributed by atoms with Crippen LogP contribution in [0.4, 0.5) is 11.4 Å². The third kappa shape index (κ3) is 3.44. The van der Waals surface area contributed by atoms with Gasteiger partial charge >= 0.3 is 0 Å². The van der Waals surface area contributed by atoms with Gasteiger partial charge in [0.2, 0.25) is 5.91 Å². The highest BCUT2D eigenvalue weighted by molar-refractivity contribution is 9.10. The summed E-state index contributed by atoms with van der Waals surface area (Å²) in [5, 5.41) is 10.0. The first-order chi connectivity index (χ1) is 13.0. The van der Waals surface area contributed by atoms with Crippen molar-refractivity contribution in [3.05, 3.63) is 53.0 Å². The predicted molar refractivity (Wildman–Crippen MR) is 107 cm³/mol. The lowest BCUT2D eigenvalue weighted by Gasteiger charge is -2.38. The van der Waals surface area contributed by atoms with E-state index in [0.717, 1.165) is 10.2 Å². The first-order valence-corrected chi connectivity index (χ1v) is 9.73. The fraction of sp³-hybridized carbons (Fsp3) is 0.300. The highest BCUT2D eigenvalue weighted by atomic mass is 79.9. The number of aromatic hydroxyl groups is 1. The SMILES string of the molecule is O=C1C[C@@H](N2CCN(c3ccccc3O)CC2)C(=O)N1c1ccc(Br)cc1. The van der Waals surface area contributed by atoms with Crippen molar-refractivity contribution in [2.75, 3.05) is 36.0 Å². The van der Waals surface area contributed by atoms with Gasteiger partial charge in [0.1, 0.15) is 5.75 Å². The van der Waals surface area contributed by atoms with Crippen molar-refractivity contribution in [3.8, 4) is 5.75 Å². The lowest BCUT2D eigenvalue weighted by atomic mass is 10.1. The molecule has 2 aliphatic heterocycles. The number of nitrogens with zero attached hydrogens (tertiary/aromatic N) is 3. The lowest BCUT2D eigenvalue weighted by molar-refractivity contribution is -0.123. The molecule has 1 N–H and O–H groups in total. The number of piperazine rings is 1. The van der Waals surface area contributed by atoms with Crippen LogP contribution in [0.1, 0.15) is 6.42 Å². The van der Waals surface area contributed by atoms with Crippen LogP contribution in [0.3, 0.4) is 0 Å². The Morgan fingerprint density at radius 3 is 2.26 bits per heavy atom. The van der Waals surface area contributed by atoms with Gasteiger partial charge in [0.15, 0.2) is 0 Å². The number of imide groups is 1. The van der Waals surface area contributed by atoms with E-state index in [1.807, 2.05) is 24.3 Å². The molecule has 0 aliphatic carbocycles. The number of hydrogen-bond acceptors (Lipinski definition) is 5. The fourth-order valence-corrected chi connectivity index (χ4v) is 4.03. The van der Waals surface area contributed by atoms with E-state index >= 15 is 0 Å². The highest BCUT2D eigenvalue weighted by Gasteiger charge is 2.43. The Labute approximate surface area is 166 Å². The molecule has 6 nitrogen and oxygen atoms in total. The van der Waals surface area contributed by atoms with E-state index in [1.165, 1.54) is 4.90 Å². The number of para-hydroxylation sites is 2. The molecule has 2 amide bonds. The van der Waals surface area contributed by atoms with Crippen molar-refractivity contribution in [2.24, 2.45) is 0 Å². The predicted octanol–water partition coefficient (Wildman–Crippen LogP) is 2.61. The molecule has 2 heterocycles. The van der Waals surface area contributed by atoms with Gasteiger partial charge in [-0.1, -0.05) is 28.1 Å². The Hall–Kier alpha value is -2.38. The molecule has 1 atom stereocenters. The quantitative estimate of drug-likeness (QED) is 0.759. The summed E-state index contributed by atoms with van der Waals surface area (Å²) in [5.41, 5.74) is 1.42. The maximum atomic E-state index is 12.9. The van der Waals surface area contributed by atoms with Gasteiger partial charge in [-0.15, -0.1) is 0 Å². The van der Waals surface area contributed by atoms with Gasteiger partial charge in [0.25, 0.3) is 5.91 Å². The van der Waals surface area contributed by atoms with E-state index in [4.69, 9.17) is 0 Å². The van der Waals surface area contributed by atoms with Crippen LogP contribution >= 0.6 is 15.9 Å². The minimum absolute atomic E-state index is 0.154. The Kier molecular flexibility index (Phi) is 4.88. The lowest BCUT2D eigenvalue weighted by Crippen LogP contribution is -2.52. The Balaban J connectivity index is 1.44. The molecule has 2 aromatic carbocycles. The number of phenolic OH excluding ortho intramolecular Hbond substituents is 1. The highest BCUT2D eigenvalue weighted by Crippen LogP contribution is 2.30. The maximum Gasteiger partial charge on any atom is 0.251 e. The largest absolute Gasteiger partial charge is 0.506 e. The number of hydrogen-bond donors (Lipinski definition) is 1. The standard InChI is InChI=1S/C20H20BrN3O3/c21-14-5-7-15(8-6-14)24-19(26)13-17(20(24)27)23-11-9-22(10-12-23)16-3-1-2-4-18(16)25/h1-8,17,25H,9-13H2/t17-/m1/s1. The van der Waals surface area contributed by atoms with E-state index < -0.39 is 6.04 Å². The van der Waals surface area contributed by atoms with Crippen molar-refractivity contribution in [1.82, 2.24) is 4.90 Å². The number of halogens is 1. The van der Waals surface area contributed by atoms with Crippen LogP contribution in [-0.4, -0.2) is 54.0 Å². The molecule has 0 bridgehead atoms. The zero-order valence-corrected chi connectivity index (χ0v) is 16.3. The Morgan fingerprint density at radius 2 is 1.59 bits per heavy atom. The van der Waals surface area contributed by atoms with Crippen LogP contribution in [0.5, 0.6) is 5.75 Å². The summed E-state index contributed by atoms with van der Waals surface area (Å²) in [6.45, 7) is 2.75. The molecule has 0 radical (unpaired) electrons. The summed E-state index contributed by atoms with van der Waals surface area (Å²) in [6, 6.07) is 14.1. The Morgan fingerprint density at radius 1 is 0.926 bits per heavy atom. The molecule has 140 valence electrons. The van der Waals surface area contributed by atoms with Gasteiger partial charge in [0, 0.05) is 30.7 Å². The first-order valence-electron chi connectivity index (χ1n) is 8.94. The molecule has 2 saturated heterocycles. The zero-order chi connectivity index (χ0) is 19.0. The smallest absolute Gasteiger partial charge is 0.251 e. The van der Waals surface area contributed by atoms with Crippen LogP contribution < -0.4 is 9.80 Å². The molecule has 2 fully saturated rings. The van der Waals surface area contributed by atoms with E-state index in [9.17, 15) is 14.7 Å². The summed E-state index contributed by atoms with van der Waals surface area (Å²) in [5.74, 6) is -0.0479. The minimum atomic E-state index is -0.410. The summed E-state index contributed by atoms with van der Waals surface area (Å²) in [6.07, 6.45) is 0.214. The van der Waals surface area contributed by atoms with Gasteiger partial charge < -0.3 is 10.0 Å². The molecule has 27 heavy (non-hydrogen) atoms. The van der Waals surface area contributed by atoms with Crippen molar-refractivity contribution in [2.45, 2.75) is 12.5 Å². The second-order valence-corrected chi connectivity index (χ2v) is 7.69. The number of rotatable bonds is 3. The minimum Gasteiger partial charge on any atom is -0.506 e. The second kappa shape index (κ2) is 7.32. The molecule has 2 aromatic rings.